The minimum absolute atomic E-state index is 0.283. The maximum atomic E-state index is 11.8. The summed E-state index contributed by atoms with van der Waals surface area (Å²) in [5.74, 6) is -0.803. The van der Waals surface area contributed by atoms with E-state index in [-0.39, 0.29) is 12.3 Å². The summed E-state index contributed by atoms with van der Waals surface area (Å²) in [4.78, 5) is 23.6. The van der Waals surface area contributed by atoms with E-state index < -0.39 is 5.91 Å². The lowest BCUT2D eigenvalue weighted by atomic mass is 10.1. The first-order valence-electron chi connectivity index (χ1n) is 7.48. The van der Waals surface area contributed by atoms with Crippen LogP contribution in [0.4, 0.5) is 5.69 Å². The number of nitriles is 1. The first-order valence-corrected chi connectivity index (χ1v) is 8.24. The Hall–Kier alpha value is -2.55. The number of nitrogens with zero attached hydrogens (tertiary/aromatic N) is 1. The first kappa shape index (κ1) is 18.8. The molecule has 0 radical (unpaired) electrons. The van der Waals surface area contributed by atoms with Crippen LogP contribution >= 0.6 is 23.2 Å². The fraction of sp³-hybridized carbons (Fsp3) is 0.167. The van der Waals surface area contributed by atoms with E-state index >= 15 is 0 Å². The zero-order valence-corrected chi connectivity index (χ0v) is 14.7. The van der Waals surface area contributed by atoms with Gasteiger partial charge in [0.1, 0.15) is 6.42 Å². The number of hydrogen-bond acceptors (Lipinski definition) is 3. The fourth-order valence-corrected chi connectivity index (χ4v) is 2.61. The first-order chi connectivity index (χ1) is 12.0. The molecule has 0 heterocycles. The van der Waals surface area contributed by atoms with Gasteiger partial charge in [-0.2, -0.15) is 5.26 Å². The van der Waals surface area contributed by atoms with E-state index in [4.69, 9.17) is 28.5 Å². The van der Waals surface area contributed by atoms with Crippen molar-refractivity contribution in [2.45, 2.75) is 12.8 Å². The minimum Gasteiger partial charge on any atom is -0.355 e. The molecule has 0 saturated heterocycles. The molecule has 2 aromatic carbocycles. The lowest BCUT2D eigenvalue weighted by Gasteiger charge is -2.08. The summed E-state index contributed by atoms with van der Waals surface area (Å²) in [7, 11) is 0. The van der Waals surface area contributed by atoms with Crippen LogP contribution in [0.2, 0.25) is 10.0 Å². The van der Waals surface area contributed by atoms with Crippen LogP contribution < -0.4 is 10.6 Å². The van der Waals surface area contributed by atoms with Crippen molar-refractivity contribution in [3.8, 4) is 6.07 Å². The molecule has 0 aliphatic rings. The molecule has 5 nitrogen and oxygen atoms in total. The summed E-state index contributed by atoms with van der Waals surface area (Å²) in [5, 5.41) is 15.1. The van der Waals surface area contributed by atoms with E-state index in [1.807, 2.05) is 6.07 Å². The standard InChI is InChI=1S/C18H15Cl2N3O2/c19-14-4-3-13(16(20)9-14)7-8-22-17(24)10-18(25)23-15-5-1-12(11-21)2-6-15/h1-6,9H,7-8,10H2,(H,22,24)(H,23,25). The molecule has 0 fully saturated rings. The second-order valence-electron chi connectivity index (χ2n) is 5.25. The van der Waals surface area contributed by atoms with Gasteiger partial charge in [0.25, 0.3) is 0 Å². The number of carbonyl (C=O) groups is 2. The second-order valence-corrected chi connectivity index (χ2v) is 6.09. The van der Waals surface area contributed by atoms with Crippen molar-refractivity contribution in [3.05, 3.63) is 63.6 Å². The lowest BCUT2D eigenvalue weighted by molar-refractivity contribution is -0.126. The number of benzene rings is 2. The maximum absolute atomic E-state index is 11.8. The molecule has 2 rings (SSSR count). The van der Waals surface area contributed by atoms with E-state index in [0.29, 0.717) is 34.3 Å². The van der Waals surface area contributed by atoms with Crippen molar-refractivity contribution in [1.29, 1.82) is 5.26 Å². The summed E-state index contributed by atoms with van der Waals surface area (Å²) in [6.45, 7) is 0.365. The third kappa shape index (κ3) is 6.11. The van der Waals surface area contributed by atoms with Gasteiger partial charge in [0, 0.05) is 22.3 Å². The molecule has 0 saturated carbocycles. The van der Waals surface area contributed by atoms with Crippen LogP contribution in [0.5, 0.6) is 0 Å². The van der Waals surface area contributed by atoms with Gasteiger partial charge in [0.05, 0.1) is 11.6 Å². The van der Waals surface area contributed by atoms with Gasteiger partial charge in [0.2, 0.25) is 11.8 Å². The predicted molar refractivity (Wildman–Crippen MR) is 97.6 cm³/mol. The summed E-state index contributed by atoms with van der Waals surface area (Å²) < 4.78 is 0. The molecule has 2 N–H and O–H groups in total. The number of hydrogen-bond donors (Lipinski definition) is 2. The molecule has 25 heavy (non-hydrogen) atoms. The van der Waals surface area contributed by atoms with E-state index in [2.05, 4.69) is 10.6 Å². The Morgan fingerprint density at radius 3 is 2.40 bits per heavy atom. The van der Waals surface area contributed by atoms with E-state index in [0.717, 1.165) is 5.56 Å². The van der Waals surface area contributed by atoms with Gasteiger partial charge < -0.3 is 10.6 Å². The Balaban J connectivity index is 1.75. The second kappa shape index (κ2) is 9.07. The molecule has 0 aliphatic heterocycles. The summed E-state index contributed by atoms with van der Waals surface area (Å²) in [6, 6.07) is 13.6. The van der Waals surface area contributed by atoms with Gasteiger partial charge in [-0.05, 0) is 48.4 Å². The highest BCUT2D eigenvalue weighted by Gasteiger charge is 2.10. The number of anilines is 1. The largest absolute Gasteiger partial charge is 0.355 e. The van der Waals surface area contributed by atoms with E-state index in [1.165, 1.54) is 0 Å². The highest BCUT2D eigenvalue weighted by atomic mass is 35.5. The van der Waals surface area contributed by atoms with Gasteiger partial charge in [-0.3, -0.25) is 9.59 Å². The molecule has 0 aliphatic carbocycles. The number of amides is 2. The molecular formula is C18H15Cl2N3O2. The van der Waals surface area contributed by atoms with Crippen molar-refractivity contribution in [3.63, 3.8) is 0 Å². The monoisotopic (exact) mass is 375 g/mol. The number of carbonyl (C=O) groups excluding carboxylic acids is 2. The smallest absolute Gasteiger partial charge is 0.233 e. The third-order valence-electron chi connectivity index (χ3n) is 3.35. The summed E-state index contributed by atoms with van der Waals surface area (Å²) in [6.07, 6.45) is 0.257. The molecule has 0 aromatic heterocycles. The highest BCUT2D eigenvalue weighted by Crippen LogP contribution is 2.21. The Morgan fingerprint density at radius 2 is 1.76 bits per heavy atom. The Morgan fingerprint density at radius 1 is 1.04 bits per heavy atom. The zero-order valence-electron chi connectivity index (χ0n) is 13.2. The van der Waals surface area contributed by atoms with Crippen molar-refractivity contribution in [2.24, 2.45) is 0 Å². The molecule has 2 amide bonds. The quantitative estimate of drug-likeness (QED) is 0.757. The molecule has 7 heteroatoms. The summed E-state index contributed by atoms with van der Waals surface area (Å²) >= 11 is 11.9. The molecule has 0 spiro atoms. The van der Waals surface area contributed by atoms with Crippen LogP contribution in [0.3, 0.4) is 0 Å². The van der Waals surface area contributed by atoms with Crippen LogP contribution in [-0.2, 0) is 16.0 Å². The van der Waals surface area contributed by atoms with Crippen molar-refractivity contribution >= 4 is 40.7 Å². The highest BCUT2D eigenvalue weighted by molar-refractivity contribution is 6.35. The Labute approximate surface area is 155 Å². The molecule has 2 aromatic rings. The Bertz CT molecular complexity index is 814. The van der Waals surface area contributed by atoms with Crippen LogP contribution in [0.25, 0.3) is 0 Å². The summed E-state index contributed by atoms with van der Waals surface area (Å²) in [5.41, 5.74) is 1.90. The van der Waals surface area contributed by atoms with Crippen LogP contribution in [0, 0.1) is 11.3 Å². The molecule has 0 unspecified atom stereocenters. The zero-order chi connectivity index (χ0) is 18.2. The van der Waals surface area contributed by atoms with Crippen molar-refractivity contribution < 1.29 is 9.59 Å². The number of nitrogens with one attached hydrogen (secondary N) is 2. The predicted octanol–water partition coefficient (Wildman–Crippen LogP) is 3.55. The van der Waals surface area contributed by atoms with Gasteiger partial charge in [-0.1, -0.05) is 29.3 Å². The average Bonchev–Trinajstić information content (AvgIpc) is 2.57. The van der Waals surface area contributed by atoms with Crippen LogP contribution in [0.15, 0.2) is 42.5 Å². The van der Waals surface area contributed by atoms with Crippen molar-refractivity contribution in [2.75, 3.05) is 11.9 Å². The van der Waals surface area contributed by atoms with Crippen LogP contribution in [-0.4, -0.2) is 18.4 Å². The van der Waals surface area contributed by atoms with Gasteiger partial charge >= 0.3 is 0 Å². The Kier molecular flexibility index (Phi) is 6.81. The van der Waals surface area contributed by atoms with E-state index in [1.54, 1.807) is 42.5 Å². The molecule has 0 atom stereocenters. The molecule has 0 bridgehead atoms. The SMILES string of the molecule is N#Cc1ccc(NC(=O)CC(=O)NCCc2ccc(Cl)cc2Cl)cc1. The number of rotatable bonds is 6. The molecular weight excluding hydrogens is 361 g/mol. The average molecular weight is 376 g/mol. The van der Waals surface area contributed by atoms with Crippen LogP contribution in [0.1, 0.15) is 17.5 Å². The van der Waals surface area contributed by atoms with Crippen molar-refractivity contribution in [1.82, 2.24) is 5.32 Å². The maximum Gasteiger partial charge on any atom is 0.233 e. The number of halogens is 2. The molecule has 128 valence electrons. The van der Waals surface area contributed by atoms with Gasteiger partial charge in [-0.25, -0.2) is 0 Å². The fourth-order valence-electron chi connectivity index (χ4n) is 2.10. The van der Waals surface area contributed by atoms with E-state index in [9.17, 15) is 9.59 Å². The normalized spacial score (nSPS) is 9.96. The van der Waals surface area contributed by atoms with Gasteiger partial charge in [-0.15, -0.1) is 0 Å². The lowest BCUT2D eigenvalue weighted by Crippen LogP contribution is -2.29. The van der Waals surface area contributed by atoms with Gasteiger partial charge in [0.15, 0.2) is 0 Å². The minimum atomic E-state index is -0.424. The third-order valence-corrected chi connectivity index (χ3v) is 3.94. The topological polar surface area (TPSA) is 82.0 Å².